The maximum atomic E-state index is 12.9. The third-order valence-electron chi connectivity index (χ3n) is 2.59. The monoisotopic (exact) mass is 324 g/mol. The fraction of sp³-hybridized carbons (Fsp3) is 0.0714. The lowest BCUT2D eigenvalue weighted by Gasteiger charge is -2.08. The van der Waals surface area contributed by atoms with Crippen LogP contribution in [0.25, 0.3) is 0 Å². The smallest absolute Gasteiger partial charge is 0.289 e. The Morgan fingerprint density at radius 1 is 1.32 bits per heavy atom. The lowest BCUT2D eigenvalue weighted by molar-refractivity contribution is -0.384. The first kappa shape index (κ1) is 15.7. The van der Waals surface area contributed by atoms with Gasteiger partial charge >= 0.3 is 0 Å². The largest absolute Gasteiger partial charge is 0.484 e. The molecule has 0 aliphatic carbocycles. The molecule has 2 aromatic carbocycles. The zero-order valence-corrected chi connectivity index (χ0v) is 11.8. The van der Waals surface area contributed by atoms with Crippen molar-refractivity contribution in [1.82, 2.24) is 0 Å². The van der Waals surface area contributed by atoms with Crippen LogP contribution < -0.4 is 10.1 Å². The van der Waals surface area contributed by atoms with E-state index >= 15 is 0 Å². The summed E-state index contributed by atoms with van der Waals surface area (Å²) >= 11 is 5.67. The molecule has 8 heteroatoms. The van der Waals surface area contributed by atoms with E-state index < -0.39 is 16.6 Å². The highest BCUT2D eigenvalue weighted by molar-refractivity contribution is 6.32. The van der Waals surface area contributed by atoms with Crippen LogP contribution in [0.3, 0.4) is 0 Å². The predicted molar refractivity (Wildman–Crippen MR) is 78.6 cm³/mol. The molecule has 0 spiro atoms. The Kier molecular flexibility index (Phi) is 4.90. The minimum atomic E-state index is -0.652. The average Bonchev–Trinajstić information content (AvgIpc) is 2.47. The molecule has 0 fully saturated rings. The van der Waals surface area contributed by atoms with Gasteiger partial charge in [-0.3, -0.25) is 14.9 Å². The zero-order valence-electron chi connectivity index (χ0n) is 11.1. The summed E-state index contributed by atoms with van der Waals surface area (Å²) in [5, 5.41) is 13.2. The number of nitrogens with zero attached hydrogens (tertiary/aromatic N) is 1. The van der Waals surface area contributed by atoms with Crippen LogP contribution in [0.5, 0.6) is 5.75 Å². The normalized spacial score (nSPS) is 10.1. The minimum Gasteiger partial charge on any atom is -0.484 e. The van der Waals surface area contributed by atoms with E-state index in [-0.39, 0.29) is 28.8 Å². The Morgan fingerprint density at radius 2 is 2.09 bits per heavy atom. The predicted octanol–water partition coefficient (Wildman–Crippen LogP) is 3.40. The van der Waals surface area contributed by atoms with E-state index in [0.29, 0.717) is 0 Å². The van der Waals surface area contributed by atoms with Gasteiger partial charge in [0, 0.05) is 17.8 Å². The van der Waals surface area contributed by atoms with E-state index in [2.05, 4.69) is 5.32 Å². The number of hydrogen-bond acceptors (Lipinski definition) is 4. The fourth-order valence-electron chi connectivity index (χ4n) is 1.63. The molecule has 0 heterocycles. The second-order valence-corrected chi connectivity index (χ2v) is 4.62. The number of carbonyl (C=O) groups is 1. The Hall–Kier alpha value is -2.67. The van der Waals surface area contributed by atoms with Gasteiger partial charge in [-0.15, -0.1) is 0 Å². The summed E-state index contributed by atoms with van der Waals surface area (Å²) in [4.78, 5) is 21.8. The average molecular weight is 325 g/mol. The molecule has 0 radical (unpaired) electrons. The Labute approximate surface area is 129 Å². The minimum absolute atomic E-state index is 0.0287. The number of nitro groups is 1. The van der Waals surface area contributed by atoms with Crippen molar-refractivity contribution < 1.29 is 18.8 Å². The van der Waals surface area contributed by atoms with E-state index in [9.17, 15) is 19.3 Å². The summed E-state index contributed by atoms with van der Waals surface area (Å²) in [6.07, 6.45) is 0. The maximum Gasteiger partial charge on any atom is 0.289 e. The molecule has 6 nitrogen and oxygen atoms in total. The zero-order chi connectivity index (χ0) is 16.1. The Balaban J connectivity index is 1.97. The van der Waals surface area contributed by atoms with Crippen molar-refractivity contribution in [3.8, 4) is 5.75 Å². The number of nitro benzene ring substituents is 1. The Bertz CT molecular complexity index is 724. The molecule has 0 bridgehead atoms. The first-order valence-electron chi connectivity index (χ1n) is 6.08. The molecule has 0 aliphatic heterocycles. The summed E-state index contributed by atoms with van der Waals surface area (Å²) < 4.78 is 18.0. The van der Waals surface area contributed by atoms with Crippen molar-refractivity contribution >= 4 is 28.9 Å². The number of hydrogen-bond donors (Lipinski definition) is 1. The molecule has 0 unspecified atom stereocenters. The van der Waals surface area contributed by atoms with Crippen LogP contribution in [-0.4, -0.2) is 17.4 Å². The lowest BCUT2D eigenvalue weighted by Crippen LogP contribution is -2.20. The fourth-order valence-corrected chi connectivity index (χ4v) is 1.82. The van der Waals surface area contributed by atoms with Crippen molar-refractivity contribution in [3.05, 3.63) is 63.4 Å². The second kappa shape index (κ2) is 6.86. The van der Waals surface area contributed by atoms with Crippen LogP contribution in [0, 0.1) is 15.9 Å². The van der Waals surface area contributed by atoms with Gasteiger partial charge in [-0.1, -0.05) is 17.7 Å². The number of halogens is 2. The van der Waals surface area contributed by atoms with Crippen LogP contribution in [0.2, 0.25) is 5.02 Å². The molecule has 0 atom stereocenters. The summed E-state index contributed by atoms with van der Waals surface area (Å²) in [5.74, 6) is -0.815. The maximum absolute atomic E-state index is 12.9. The van der Waals surface area contributed by atoms with Crippen molar-refractivity contribution in [1.29, 1.82) is 0 Å². The van der Waals surface area contributed by atoms with Gasteiger partial charge in [-0.05, 0) is 24.3 Å². The Morgan fingerprint density at radius 3 is 2.77 bits per heavy atom. The number of nitrogens with one attached hydrogen (secondary N) is 1. The van der Waals surface area contributed by atoms with Crippen molar-refractivity contribution in [2.45, 2.75) is 0 Å². The van der Waals surface area contributed by atoms with E-state index in [1.165, 1.54) is 30.3 Å². The summed E-state index contributed by atoms with van der Waals surface area (Å²) in [5.41, 5.74) is -0.102. The van der Waals surface area contributed by atoms with Crippen LogP contribution >= 0.6 is 11.6 Å². The topological polar surface area (TPSA) is 81.5 Å². The van der Waals surface area contributed by atoms with E-state index in [1.807, 2.05) is 0 Å². The third kappa shape index (κ3) is 4.16. The number of anilines is 1. The molecule has 114 valence electrons. The van der Waals surface area contributed by atoms with Gasteiger partial charge in [0.25, 0.3) is 11.6 Å². The van der Waals surface area contributed by atoms with E-state index in [0.717, 1.165) is 12.1 Å². The van der Waals surface area contributed by atoms with Gasteiger partial charge in [-0.2, -0.15) is 0 Å². The number of rotatable bonds is 5. The van der Waals surface area contributed by atoms with Gasteiger partial charge in [0.15, 0.2) is 6.61 Å². The van der Waals surface area contributed by atoms with E-state index in [4.69, 9.17) is 16.3 Å². The molecule has 22 heavy (non-hydrogen) atoms. The number of benzene rings is 2. The SMILES string of the molecule is O=C(COc1cccc(F)c1)Nc1ccc(Cl)c([N+](=O)[O-])c1. The van der Waals surface area contributed by atoms with Crippen molar-refractivity contribution in [2.75, 3.05) is 11.9 Å². The van der Waals surface area contributed by atoms with Crippen LogP contribution in [0.15, 0.2) is 42.5 Å². The first-order valence-corrected chi connectivity index (χ1v) is 6.45. The van der Waals surface area contributed by atoms with Crippen LogP contribution in [0.1, 0.15) is 0 Å². The second-order valence-electron chi connectivity index (χ2n) is 4.22. The summed E-state index contributed by atoms with van der Waals surface area (Å²) in [6, 6.07) is 9.22. The quantitative estimate of drug-likeness (QED) is 0.675. The molecule has 2 rings (SSSR count). The van der Waals surface area contributed by atoms with Gasteiger partial charge in [0.1, 0.15) is 16.6 Å². The van der Waals surface area contributed by atoms with Gasteiger partial charge in [-0.25, -0.2) is 4.39 Å². The summed E-state index contributed by atoms with van der Waals surface area (Å²) in [7, 11) is 0. The molecule has 1 N–H and O–H groups in total. The summed E-state index contributed by atoms with van der Waals surface area (Å²) in [6.45, 7) is -0.361. The molecule has 0 aromatic heterocycles. The van der Waals surface area contributed by atoms with Crippen molar-refractivity contribution in [2.24, 2.45) is 0 Å². The number of amides is 1. The number of carbonyl (C=O) groups excluding carboxylic acids is 1. The van der Waals surface area contributed by atoms with Gasteiger partial charge in [0.2, 0.25) is 0 Å². The molecule has 0 saturated heterocycles. The highest BCUT2D eigenvalue weighted by Crippen LogP contribution is 2.27. The first-order chi connectivity index (χ1) is 10.5. The molecule has 0 saturated carbocycles. The molecule has 1 amide bonds. The molecular weight excluding hydrogens is 315 g/mol. The van der Waals surface area contributed by atoms with Crippen LogP contribution in [0.4, 0.5) is 15.8 Å². The van der Waals surface area contributed by atoms with Gasteiger partial charge in [0.05, 0.1) is 4.92 Å². The number of ether oxygens (including phenoxy) is 1. The molecule has 2 aromatic rings. The highest BCUT2D eigenvalue weighted by atomic mass is 35.5. The highest BCUT2D eigenvalue weighted by Gasteiger charge is 2.14. The third-order valence-corrected chi connectivity index (χ3v) is 2.91. The van der Waals surface area contributed by atoms with E-state index in [1.54, 1.807) is 0 Å². The van der Waals surface area contributed by atoms with Crippen LogP contribution in [-0.2, 0) is 4.79 Å². The van der Waals surface area contributed by atoms with Crippen molar-refractivity contribution in [3.63, 3.8) is 0 Å². The molecule has 0 aliphatic rings. The standard InChI is InChI=1S/C14H10ClFN2O4/c15-12-5-4-10(7-13(12)18(20)21)17-14(19)8-22-11-3-1-2-9(16)6-11/h1-7H,8H2,(H,17,19). The lowest BCUT2D eigenvalue weighted by atomic mass is 10.3. The molecular formula is C14H10ClFN2O4. The van der Waals surface area contributed by atoms with Gasteiger partial charge < -0.3 is 10.1 Å².